The van der Waals surface area contributed by atoms with Gasteiger partial charge in [0.15, 0.2) is 5.58 Å². The van der Waals surface area contributed by atoms with Crippen molar-refractivity contribution in [2.45, 2.75) is 32.5 Å². The predicted octanol–water partition coefficient (Wildman–Crippen LogP) is 3.26. The van der Waals surface area contributed by atoms with Crippen LogP contribution in [0.25, 0.3) is 11.0 Å². The third kappa shape index (κ3) is 4.14. The van der Waals surface area contributed by atoms with E-state index in [4.69, 9.17) is 9.26 Å². The van der Waals surface area contributed by atoms with Gasteiger partial charge in [-0.15, -0.1) is 0 Å². The highest BCUT2D eigenvalue weighted by Gasteiger charge is 2.28. The van der Waals surface area contributed by atoms with Crippen molar-refractivity contribution in [3.05, 3.63) is 59.8 Å². The van der Waals surface area contributed by atoms with Gasteiger partial charge in [0.2, 0.25) is 5.91 Å². The molecule has 0 radical (unpaired) electrons. The molecule has 0 bridgehead atoms. The Morgan fingerprint density at radius 1 is 1.07 bits per heavy atom. The second-order valence-corrected chi connectivity index (χ2v) is 7.36. The molecule has 2 heterocycles. The van der Waals surface area contributed by atoms with E-state index in [1.54, 1.807) is 29.2 Å². The Balaban J connectivity index is 1.51. The fraction of sp³-hybridized carbons (Fsp3) is 0.318. The number of amides is 2. The Morgan fingerprint density at radius 3 is 2.55 bits per heavy atom. The van der Waals surface area contributed by atoms with Crippen molar-refractivity contribution in [2.75, 3.05) is 18.4 Å². The zero-order valence-electron chi connectivity index (χ0n) is 16.4. The Kier molecular flexibility index (Phi) is 5.31. The number of carbonyl (C=O) groups is 2. The quantitative estimate of drug-likeness (QED) is 0.735. The number of aromatic nitrogens is 1. The standard InChI is InChI=1S/C22H23N3O4/c1-14-12-25(13-15(2)28-14)22(27)17-8-3-5-9-18(17)23-21(26)11-19-16-7-4-6-10-20(16)29-24-19/h3-10,14-15H,11-13H2,1-2H3,(H,23,26)/t14-,15+. The number of hydrogen-bond acceptors (Lipinski definition) is 5. The molecule has 0 unspecified atom stereocenters. The number of benzene rings is 2. The molecule has 2 amide bonds. The summed E-state index contributed by atoms with van der Waals surface area (Å²) >= 11 is 0. The molecule has 3 aromatic rings. The summed E-state index contributed by atoms with van der Waals surface area (Å²) in [4.78, 5) is 27.5. The lowest BCUT2D eigenvalue weighted by atomic mass is 10.1. The summed E-state index contributed by atoms with van der Waals surface area (Å²) in [5, 5.41) is 7.66. The van der Waals surface area contributed by atoms with Crippen LogP contribution in [0, 0.1) is 0 Å². The van der Waals surface area contributed by atoms with E-state index >= 15 is 0 Å². The minimum Gasteiger partial charge on any atom is -0.372 e. The maximum Gasteiger partial charge on any atom is 0.256 e. The van der Waals surface area contributed by atoms with Gasteiger partial charge in [0.25, 0.3) is 5.91 Å². The molecule has 0 saturated carbocycles. The van der Waals surface area contributed by atoms with Crippen LogP contribution >= 0.6 is 0 Å². The predicted molar refractivity (Wildman–Crippen MR) is 109 cm³/mol. The molecule has 1 fully saturated rings. The van der Waals surface area contributed by atoms with E-state index in [9.17, 15) is 9.59 Å². The summed E-state index contributed by atoms with van der Waals surface area (Å²) in [6.07, 6.45) is 0.0142. The Morgan fingerprint density at radius 2 is 1.76 bits per heavy atom. The molecule has 1 saturated heterocycles. The molecule has 29 heavy (non-hydrogen) atoms. The van der Waals surface area contributed by atoms with Gasteiger partial charge in [-0.25, -0.2) is 0 Å². The smallest absolute Gasteiger partial charge is 0.256 e. The van der Waals surface area contributed by atoms with Gasteiger partial charge in [0, 0.05) is 18.5 Å². The second-order valence-electron chi connectivity index (χ2n) is 7.36. The van der Waals surface area contributed by atoms with Gasteiger partial charge >= 0.3 is 0 Å². The van der Waals surface area contributed by atoms with Crippen LogP contribution in [0.15, 0.2) is 53.1 Å². The summed E-state index contributed by atoms with van der Waals surface area (Å²) in [5.74, 6) is -0.372. The highest BCUT2D eigenvalue weighted by Crippen LogP contribution is 2.22. The largest absolute Gasteiger partial charge is 0.372 e. The SMILES string of the molecule is C[C@@H]1CN(C(=O)c2ccccc2NC(=O)Cc2noc3ccccc23)C[C@H](C)O1. The Hall–Kier alpha value is -3.19. The number of nitrogens with one attached hydrogen (secondary N) is 1. The van der Waals surface area contributed by atoms with Crippen molar-refractivity contribution in [3.63, 3.8) is 0 Å². The number of fused-ring (bicyclic) bond motifs is 1. The molecular formula is C22H23N3O4. The molecule has 2 atom stereocenters. The summed E-state index contributed by atoms with van der Waals surface area (Å²) < 4.78 is 11.0. The van der Waals surface area contributed by atoms with Crippen LogP contribution in [-0.2, 0) is 16.0 Å². The summed E-state index contributed by atoms with van der Waals surface area (Å²) in [6, 6.07) is 14.5. The maximum absolute atomic E-state index is 13.1. The van der Waals surface area contributed by atoms with Crippen molar-refractivity contribution < 1.29 is 18.8 Å². The minimum absolute atomic E-state index is 0.0232. The third-order valence-corrected chi connectivity index (χ3v) is 4.92. The molecule has 4 rings (SSSR count). The first kappa shape index (κ1) is 19.1. The van der Waals surface area contributed by atoms with E-state index < -0.39 is 0 Å². The van der Waals surface area contributed by atoms with E-state index in [-0.39, 0.29) is 30.4 Å². The average Bonchev–Trinajstić information content (AvgIpc) is 3.10. The Bertz CT molecular complexity index is 1040. The lowest BCUT2D eigenvalue weighted by molar-refractivity contribution is -0.115. The number of morpholine rings is 1. The van der Waals surface area contributed by atoms with Crippen LogP contribution in [0.4, 0.5) is 5.69 Å². The fourth-order valence-electron chi connectivity index (χ4n) is 3.70. The van der Waals surface area contributed by atoms with E-state index in [0.29, 0.717) is 35.6 Å². The first-order valence-corrected chi connectivity index (χ1v) is 9.68. The first-order chi connectivity index (χ1) is 14.0. The van der Waals surface area contributed by atoms with Gasteiger partial charge < -0.3 is 19.5 Å². The minimum atomic E-state index is -0.256. The normalized spacial score (nSPS) is 19.3. The van der Waals surface area contributed by atoms with Crippen LogP contribution in [0.5, 0.6) is 0 Å². The topological polar surface area (TPSA) is 84.7 Å². The van der Waals surface area contributed by atoms with Gasteiger partial charge in [0.1, 0.15) is 5.69 Å². The molecule has 0 aliphatic carbocycles. The van der Waals surface area contributed by atoms with Crippen molar-refractivity contribution in [1.29, 1.82) is 0 Å². The zero-order chi connectivity index (χ0) is 20.4. The molecule has 1 N–H and O–H groups in total. The van der Waals surface area contributed by atoms with Crippen molar-refractivity contribution in [1.82, 2.24) is 10.1 Å². The van der Waals surface area contributed by atoms with Crippen molar-refractivity contribution in [3.8, 4) is 0 Å². The van der Waals surface area contributed by atoms with Gasteiger partial charge in [-0.3, -0.25) is 9.59 Å². The van der Waals surface area contributed by atoms with Crippen molar-refractivity contribution in [2.24, 2.45) is 0 Å². The van der Waals surface area contributed by atoms with Gasteiger partial charge in [0.05, 0.1) is 29.9 Å². The summed E-state index contributed by atoms with van der Waals surface area (Å²) in [6.45, 7) is 4.95. The van der Waals surface area contributed by atoms with Gasteiger partial charge in [-0.1, -0.05) is 29.4 Å². The van der Waals surface area contributed by atoms with Gasteiger partial charge in [-0.2, -0.15) is 0 Å². The van der Waals surface area contributed by atoms with E-state index in [0.717, 1.165) is 5.39 Å². The number of hydrogen-bond donors (Lipinski definition) is 1. The molecule has 1 aliphatic rings. The second kappa shape index (κ2) is 8.05. The fourth-order valence-corrected chi connectivity index (χ4v) is 3.70. The molecule has 0 spiro atoms. The number of carbonyl (C=O) groups excluding carboxylic acids is 2. The van der Waals surface area contributed by atoms with Crippen molar-refractivity contribution >= 4 is 28.5 Å². The number of anilines is 1. The van der Waals surface area contributed by atoms with Gasteiger partial charge in [-0.05, 0) is 38.1 Å². The first-order valence-electron chi connectivity index (χ1n) is 9.68. The average molecular weight is 393 g/mol. The maximum atomic E-state index is 13.1. The van der Waals surface area contributed by atoms with Crippen LogP contribution in [0.2, 0.25) is 0 Å². The van der Waals surface area contributed by atoms with Crippen LogP contribution in [0.1, 0.15) is 29.9 Å². The number of para-hydroxylation sites is 2. The number of nitrogens with zero attached hydrogens (tertiary/aromatic N) is 2. The highest BCUT2D eigenvalue weighted by molar-refractivity contribution is 6.04. The Labute approximate surface area is 168 Å². The summed E-state index contributed by atoms with van der Waals surface area (Å²) in [5.41, 5.74) is 2.16. The highest BCUT2D eigenvalue weighted by atomic mass is 16.5. The monoisotopic (exact) mass is 393 g/mol. The lowest BCUT2D eigenvalue weighted by Crippen LogP contribution is -2.48. The molecule has 1 aliphatic heterocycles. The molecule has 7 heteroatoms. The lowest BCUT2D eigenvalue weighted by Gasteiger charge is -2.35. The van der Waals surface area contributed by atoms with E-state index in [1.807, 2.05) is 38.1 Å². The number of rotatable bonds is 4. The van der Waals surface area contributed by atoms with E-state index in [2.05, 4.69) is 10.5 Å². The zero-order valence-corrected chi connectivity index (χ0v) is 16.4. The van der Waals surface area contributed by atoms with Crippen LogP contribution < -0.4 is 5.32 Å². The number of ether oxygens (including phenoxy) is 1. The molecule has 2 aromatic carbocycles. The van der Waals surface area contributed by atoms with E-state index in [1.165, 1.54) is 0 Å². The third-order valence-electron chi connectivity index (χ3n) is 4.92. The molecule has 1 aromatic heterocycles. The molecule has 7 nitrogen and oxygen atoms in total. The van der Waals surface area contributed by atoms with Crippen LogP contribution in [-0.4, -0.2) is 47.2 Å². The summed E-state index contributed by atoms with van der Waals surface area (Å²) in [7, 11) is 0. The van der Waals surface area contributed by atoms with Crippen LogP contribution in [0.3, 0.4) is 0 Å². The molecular weight excluding hydrogens is 370 g/mol. The molecule has 150 valence electrons.